The highest BCUT2D eigenvalue weighted by Crippen LogP contribution is 2.65. The molecule has 6 nitrogen and oxygen atoms in total. The Bertz CT molecular complexity index is 8620. The van der Waals surface area contributed by atoms with Gasteiger partial charge in [-0.2, -0.15) is 0 Å². The molecule has 6 aliphatic heterocycles. The van der Waals surface area contributed by atoms with Crippen molar-refractivity contribution < 1.29 is 0 Å². The van der Waals surface area contributed by atoms with Crippen molar-refractivity contribution >= 4 is 251 Å². The Morgan fingerprint density at radius 3 is 1.14 bits per heavy atom. The predicted octanol–water partition coefficient (Wildman–Crippen LogP) is 31.2. The van der Waals surface area contributed by atoms with Crippen LogP contribution in [-0.4, -0.2) is 33.6 Å². The van der Waals surface area contributed by atoms with E-state index in [4.69, 9.17) is 0 Å². The number of hydrogen-bond donors (Lipinski definition) is 0. The Hall–Kier alpha value is -11.6. The molecule has 2 aliphatic carbocycles. The van der Waals surface area contributed by atoms with Crippen LogP contribution in [0.2, 0.25) is 0 Å². The molecule has 12 heterocycles. The zero-order chi connectivity index (χ0) is 91.4. The number of aryl methyl sites for hydroxylation is 2. The molecule has 2 saturated carbocycles. The molecule has 6 aromatic heterocycles. The number of anilines is 10. The highest BCUT2D eigenvalue weighted by atomic mass is 32.1. The Morgan fingerprint density at radius 2 is 0.664 bits per heavy atom. The Morgan fingerprint density at radius 1 is 0.276 bits per heavy atom. The van der Waals surface area contributed by atoms with Gasteiger partial charge >= 0.3 is 0 Å². The summed E-state index contributed by atoms with van der Waals surface area (Å²) >= 11 is 7.77. The van der Waals surface area contributed by atoms with Gasteiger partial charge in [0.1, 0.15) is 0 Å². The summed E-state index contributed by atoms with van der Waals surface area (Å²) in [5.41, 5.74) is 40.8. The number of hydrogen-bond acceptors (Lipinski definition) is 8. The van der Waals surface area contributed by atoms with Crippen LogP contribution in [0.15, 0.2) is 255 Å². The summed E-state index contributed by atoms with van der Waals surface area (Å²) in [6, 6.07) is 101. The predicted molar refractivity (Wildman–Crippen MR) is 587 cm³/mol. The molecule has 12 heteroatoms. The Labute approximate surface area is 803 Å². The number of rotatable bonds is 4. The first-order valence-corrected chi connectivity index (χ1v) is 52.4. The van der Waals surface area contributed by atoms with Gasteiger partial charge in [0.25, 0.3) is 13.4 Å². The molecule has 4 atom stereocenters. The highest BCUT2D eigenvalue weighted by molar-refractivity contribution is 7.28. The van der Waals surface area contributed by atoms with Gasteiger partial charge in [-0.1, -0.05) is 262 Å². The van der Waals surface area contributed by atoms with E-state index in [0.717, 1.165) is 0 Å². The maximum Gasteiger partial charge on any atom is 0.252 e. The van der Waals surface area contributed by atoms with E-state index >= 15 is 0 Å². The van der Waals surface area contributed by atoms with Crippen LogP contribution in [0.1, 0.15) is 207 Å². The smallest absolute Gasteiger partial charge is 0.252 e. The van der Waals surface area contributed by atoms with Gasteiger partial charge in [-0.05, 0) is 268 Å². The highest BCUT2D eigenvalue weighted by Gasteiger charge is 2.61. The van der Waals surface area contributed by atoms with Crippen molar-refractivity contribution in [2.75, 3.05) is 19.6 Å². The van der Waals surface area contributed by atoms with E-state index < -0.39 is 0 Å². The van der Waals surface area contributed by atoms with Crippen LogP contribution < -0.4 is 52.4 Å². The molecular formula is C122H112B2N6S4. The summed E-state index contributed by atoms with van der Waals surface area (Å²) in [6.07, 6.45) is 9.78. The van der Waals surface area contributed by atoms with Gasteiger partial charge < -0.3 is 28.7 Å². The van der Waals surface area contributed by atoms with Crippen molar-refractivity contribution in [3.63, 3.8) is 0 Å². The van der Waals surface area contributed by atoms with E-state index in [2.05, 4.69) is 408 Å². The van der Waals surface area contributed by atoms with Crippen LogP contribution in [0.4, 0.5) is 56.9 Å². The van der Waals surface area contributed by atoms with Gasteiger partial charge in [-0.15, -0.1) is 45.3 Å². The SMILES string of the molecule is Cc1cc2c3c(c1)-n1c4c(cc(C(C)(C)C)cc4c4sc5ccccc5c41)B3c1ccc(N3c4ccc(C(C)(C)C)cc4C4(C)CCCCC34C)cc1N2c1cccc2c1sc1ccccc12.Cc1cc2c3c(c1)-n1c4c(cc(C(C)(C)C)cc4c4sc5ccccc5c41)B3c1ccc(N3c4ccc(C(C)(C)C)cc4C4(C)CCCCC34C)cc1N2c1cccc2sc3ccccc3c12. The van der Waals surface area contributed by atoms with Crippen LogP contribution >= 0.6 is 45.3 Å². The lowest BCUT2D eigenvalue weighted by Crippen LogP contribution is -2.60. The maximum absolute atomic E-state index is 2.80. The standard InChI is InChI=1S/2C61H56BN3S2/c1-35-29-49-53-50(30-35)64-54-42(57-55(64)41-18-11-13-22-52(41)67-57)31-37(59(5,6)7)33-45(54)62(53)44-25-24-38(34-48(44)63(49)47-20-16-19-40-39-17-10-12-21-51(39)66-56(40)47)65-46-26-23-36(58(2,3)4)32-43(46)60(8)27-14-15-28-61(60,65)9;1-35-29-48-54-49(30-35)64-55-41(57-56(64)40-18-11-13-21-51(40)67-57)31-37(59(5,6)7)33-44(55)62(54)43-25-24-38(34-47(43)63(48)46-19-16-22-52-53(46)39-17-10-12-20-50(39)66-52)65-45-26-23-36(58(2,3)4)32-42(45)60(8)27-14-15-28-61(60,65)9/h2*10-13,16-26,29-34H,14-15,27-28H2,1-9H3. The normalized spacial score (nSPS) is 19.8. The summed E-state index contributed by atoms with van der Waals surface area (Å²) in [7, 11) is 0. The molecule has 0 saturated heterocycles. The number of fused-ring (bicyclic) bond motifs is 30. The lowest BCUT2D eigenvalue weighted by molar-refractivity contribution is 0.195. The molecule has 4 unspecified atom stereocenters. The fourth-order valence-electron chi connectivity index (χ4n) is 26.9. The molecule has 0 radical (unpaired) electrons. The van der Waals surface area contributed by atoms with E-state index in [1.807, 2.05) is 45.3 Å². The first-order chi connectivity index (χ1) is 64.3. The van der Waals surface area contributed by atoms with Crippen molar-refractivity contribution in [1.82, 2.24) is 9.13 Å². The average molecular weight is 1810 g/mol. The van der Waals surface area contributed by atoms with Gasteiger partial charge in [0.2, 0.25) is 0 Å². The minimum atomic E-state index is -0.0730. The molecule has 0 N–H and O–H groups in total. The molecule has 14 aromatic carbocycles. The molecule has 2 fully saturated rings. The van der Waals surface area contributed by atoms with E-state index in [9.17, 15) is 0 Å². The summed E-state index contributed by atoms with van der Waals surface area (Å²) in [4.78, 5) is 11.0. The van der Waals surface area contributed by atoms with Crippen molar-refractivity contribution in [3.8, 4) is 11.4 Å². The van der Waals surface area contributed by atoms with Gasteiger partial charge in [0, 0.05) is 134 Å². The third kappa shape index (κ3) is 10.9. The second-order valence-corrected chi connectivity index (χ2v) is 50.1. The van der Waals surface area contributed by atoms with Crippen LogP contribution in [0, 0.1) is 13.8 Å². The zero-order valence-electron chi connectivity index (χ0n) is 80.4. The van der Waals surface area contributed by atoms with E-state index in [0.29, 0.717) is 0 Å². The van der Waals surface area contributed by atoms with E-state index in [1.54, 1.807) is 0 Å². The summed E-state index contributed by atoms with van der Waals surface area (Å²) in [6.45, 7) is 43.6. The number of aromatic nitrogens is 2. The molecule has 0 amide bonds. The van der Waals surface area contributed by atoms with Gasteiger partial charge in [-0.25, -0.2) is 0 Å². The average Bonchev–Trinajstić information content (AvgIpc) is 1.46. The largest absolute Gasteiger partial charge is 0.334 e. The Kier molecular flexibility index (Phi) is 16.9. The molecule has 660 valence electrons. The van der Waals surface area contributed by atoms with Crippen LogP contribution in [-0.2, 0) is 32.5 Å². The third-order valence-electron chi connectivity index (χ3n) is 34.1. The van der Waals surface area contributed by atoms with Crippen molar-refractivity contribution in [2.24, 2.45) is 0 Å². The third-order valence-corrected chi connectivity index (χ3v) is 38.8. The van der Waals surface area contributed by atoms with Gasteiger partial charge in [0.05, 0.1) is 58.6 Å². The van der Waals surface area contributed by atoms with Crippen molar-refractivity contribution in [1.29, 1.82) is 0 Å². The van der Waals surface area contributed by atoms with E-state index in [1.165, 1.54) is 300 Å². The number of thiophene rings is 4. The molecule has 28 rings (SSSR count). The van der Waals surface area contributed by atoms with Crippen LogP contribution in [0.5, 0.6) is 0 Å². The monoisotopic (exact) mass is 1810 g/mol. The second kappa shape index (κ2) is 27.6. The molecule has 134 heavy (non-hydrogen) atoms. The van der Waals surface area contributed by atoms with Crippen LogP contribution in [0.25, 0.3) is 114 Å². The zero-order valence-corrected chi connectivity index (χ0v) is 83.6. The van der Waals surface area contributed by atoms with Crippen LogP contribution in [0.3, 0.4) is 0 Å². The lowest BCUT2D eigenvalue weighted by Gasteiger charge is -2.50. The summed E-state index contributed by atoms with van der Waals surface area (Å²) in [5.74, 6) is 0. The Balaban J connectivity index is 0.000000136. The van der Waals surface area contributed by atoms with E-state index in [-0.39, 0.29) is 57.0 Å². The topological polar surface area (TPSA) is 22.8 Å². The minimum absolute atomic E-state index is 0.0298. The second-order valence-electron chi connectivity index (χ2n) is 45.9. The first-order valence-electron chi connectivity index (χ1n) is 49.2. The molecule has 20 aromatic rings. The first kappa shape index (κ1) is 81.9. The maximum atomic E-state index is 2.80. The molecule has 8 aliphatic rings. The lowest BCUT2D eigenvalue weighted by atomic mass is 9.33. The minimum Gasteiger partial charge on any atom is -0.334 e. The quantitative estimate of drug-likeness (QED) is 0.164. The molecule has 0 bridgehead atoms. The fraction of sp³-hybridized carbons (Fsp3) is 0.279. The number of benzene rings is 14. The summed E-state index contributed by atoms with van der Waals surface area (Å²) < 4.78 is 16.2. The van der Waals surface area contributed by atoms with Gasteiger partial charge in [-0.3, -0.25) is 0 Å². The van der Waals surface area contributed by atoms with Gasteiger partial charge in [0.15, 0.2) is 0 Å². The molecular weight excluding hydrogens is 1700 g/mol. The number of nitrogens with zero attached hydrogens (tertiary/aromatic N) is 6. The fourth-order valence-corrected chi connectivity index (χ4v) is 31.7. The van der Waals surface area contributed by atoms with Crippen molar-refractivity contribution in [3.05, 3.63) is 299 Å². The van der Waals surface area contributed by atoms with Crippen molar-refractivity contribution in [2.45, 2.75) is 220 Å². The molecule has 0 spiro atoms. The summed E-state index contributed by atoms with van der Waals surface area (Å²) in [5, 5.41) is 10.8.